The van der Waals surface area contributed by atoms with Gasteiger partial charge in [0, 0.05) is 19.6 Å². The summed E-state index contributed by atoms with van der Waals surface area (Å²) in [7, 11) is 0. The maximum atomic E-state index is 13.6. The van der Waals surface area contributed by atoms with Crippen molar-refractivity contribution in [2.75, 3.05) is 13.1 Å². The number of halogens is 1. The number of amides is 3. The van der Waals surface area contributed by atoms with E-state index >= 15 is 0 Å². The lowest BCUT2D eigenvalue weighted by molar-refractivity contribution is -0.133. The van der Waals surface area contributed by atoms with Crippen molar-refractivity contribution in [2.24, 2.45) is 0 Å². The normalized spacial score (nSPS) is 19.5. The topological polar surface area (TPSA) is 96.3 Å². The van der Waals surface area contributed by atoms with Gasteiger partial charge in [-0.25, -0.2) is 9.37 Å². The first-order valence-electron chi connectivity index (χ1n) is 12.7. The molecule has 1 aromatic carbocycles. The van der Waals surface area contributed by atoms with E-state index in [2.05, 4.69) is 21.7 Å². The second-order valence-electron chi connectivity index (χ2n) is 9.72. The number of benzene rings is 1. The molecule has 2 aromatic rings. The van der Waals surface area contributed by atoms with E-state index in [4.69, 9.17) is 0 Å². The number of aromatic nitrogens is 2. The third kappa shape index (κ3) is 5.34. The zero-order valence-electron chi connectivity index (χ0n) is 21.0. The highest BCUT2D eigenvalue weighted by Gasteiger charge is 2.48. The van der Waals surface area contributed by atoms with E-state index in [0.717, 1.165) is 24.8 Å². The summed E-state index contributed by atoms with van der Waals surface area (Å²) in [5.74, 6) is -1.43. The number of fused-ring (bicyclic) bond motifs is 1. The van der Waals surface area contributed by atoms with Crippen molar-refractivity contribution in [2.45, 2.75) is 71.0 Å². The number of imidazole rings is 1. The Hall–Kier alpha value is -3.49. The summed E-state index contributed by atoms with van der Waals surface area (Å²) in [6, 6.07) is 5.90. The summed E-state index contributed by atoms with van der Waals surface area (Å²) in [4.78, 5) is 45.7. The quantitative estimate of drug-likeness (QED) is 0.520. The summed E-state index contributed by atoms with van der Waals surface area (Å²) in [6.07, 6.45) is 9.73. The van der Waals surface area contributed by atoms with Gasteiger partial charge in [-0.05, 0) is 63.1 Å². The van der Waals surface area contributed by atoms with Crippen molar-refractivity contribution >= 4 is 17.7 Å². The molecule has 1 aromatic heterocycles. The molecule has 2 aliphatic rings. The molecule has 0 fully saturated rings. The minimum absolute atomic E-state index is 0.0903. The molecule has 0 spiro atoms. The first-order valence-corrected chi connectivity index (χ1v) is 12.7. The molecular formula is C27H34FN5O3. The maximum absolute atomic E-state index is 13.6. The summed E-state index contributed by atoms with van der Waals surface area (Å²) < 4.78 is 14.8. The molecule has 0 saturated carbocycles. The number of hydrogen-bond donors (Lipinski definition) is 2. The molecule has 0 unspecified atom stereocenters. The van der Waals surface area contributed by atoms with E-state index in [9.17, 15) is 18.8 Å². The van der Waals surface area contributed by atoms with E-state index in [1.54, 1.807) is 23.6 Å². The van der Waals surface area contributed by atoms with Gasteiger partial charge in [0.25, 0.3) is 11.8 Å². The lowest BCUT2D eigenvalue weighted by Crippen LogP contribution is -2.64. The zero-order chi connectivity index (χ0) is 25.7. The van der Waals surface area contributed by atoms with Crippen molar-refractivity contribution in [3.63, 3.8) is 0 Å². The minimum Gasteiger partial charge on any atom is -0.350 e. The molecule has 3 amide bonds. The van der Waals surface area contributed by atoms with E-state index < -0.39 is 5.54 Å². The Morgan fingerprint density at radius 1 is 1.17 bits per heavy atom. The largest absolute Gasteiger partial charge is 0.350 e. The van der Waals surface area contributed by atoms with Gasteiger partial charge in [0.1, 0.15) is 17.1 Å². The van der Waals surface area contributed by atoms with Gasteiger partial charge in [-0.2, -0.15) is 0 Å². The summed E-state index contributed by atoms with van der Waals surface area (Å²) in [5, 5.41) is 5.79. The van der Waals surface area contributed by atoms with Gasteiger partial charge in [0.2, 0.25) is 5.91 Å². The minimum atomic E-state index is -1.16. The van der Waals surface area contributed by atoms with Crippen LogP contribution in [-0.4, -0.2) is 50.8 Å². The van der Waals surface area contributed by atoms with Crippen LogP contribution in [0.15, 0.2) is 42.2 Å². The molecule has 36 heavy (non-hydrogen) atoms. The summed E-state index contributed by atoms with van der Waals surface area (Å²) >= 11 is 0. The van der Waals surface area contributed by atoms with Gasteiger partial charge in [-0.3, -0.25) is 14.4 Å². The van der Waals surface area contributed by atoms with Crippen molar-refractivity contribution < 1.29 is 18.8 Å². The lowest BCUT2D eigenvalue weighted by atomic mass is 9.93. The smallest absolute Gasteiger partial charge is 0.273 e. The monoisotopic (exact) mass is 495 g/mol. The Bertz CT molecular complexity index is 1160. The molecule has 192 valence electrons. The predicted octanol–water partition coefficient (Wildman–Crippen LogP) is 3.58. The van der Waals surface area contributed by atoms with Crippen LogP contribution in [-0.2, 0) is 17.9 Å². The average Bonchev–Trinajstić information content (AvgIpc) is 3.30. The summed E-state index contributed by atoms with van der Waals surface area (Å²) in [5.41, 5.74) is 1.25. The van der Waals surface area contributed by atoms with Crippen LogP contribution in [0, 0.1) is 5.82 Å². The molecule has 1 atom stereocenters. The van der Waals surface area contributed by atoms with Gasteiger partial charge in [0.05, 0.1) is 12.9 Å². The molecule has 2 heterocycles. The third-order valence-corrected chi connectivity index (χ3v) is 6.99. The summed E-state index contributed by atoms with van der Waals surface area (Å²) in [6.45, 7) is 4.90. The van der Waals surface area contributed by atoms with Gasteiger partial charge in [-0.15, -0.1) is 0 Å². The number of carbonyl (C=O) groups excluding carboxylic acids is 3. The van der Waals surface area contributed by atoms with Crippen LogP contribution in [0.25, 0.3) is 0 Å². The molecule has 2 N–H and O–H groups in total. The molecule has 1 aliphatic heterocycles. The first-order chi connectivity index (χ1) is 17.3. The van der Waals surface area contributed by atoms with Crippen LogP contribution < -0.4 is 10.6 Å². The Kier molecular flexibility index (Phi) is 7.86. The maximum Gasteiger partial charge on any atom is 0.273 e. The van der Waals surface area contributed by atoms with Crippen LogP contribution in [0.5, 0.6) is 0 Å². The van der Waals surface area contributed by atoms with Crippen LogP contribution in [0.2, 0.25) is 0 Å². The van der Waals surface area contributed by atoms with Crippen LogP contribution in [0.4, 0.5) is 4.39 Å². The highest BCUT2D eigenvalue weighted by molar-refractivity contribution is 6.07. The van der Waals surface area contributed by atoms with Crippen LogP contribution in [0.1, 0.15) is 78.9 Å². The average molecular weight is 496 g/mol. The molecule has 0 radical (unpaired) electrons. The van der Waals surface area contributed by atoms with Crippen molar-refractivity contribution in [1.29, 1.82) is 0 Å². The second-order valence-corrected chi connectivity index (χ2v) is 9.72. The van der Waals surface area contributed by atoms with E-state index in [-0.39, 0.29) is 48.0 Å². The van der Waals surface area contributed by atoms with Gasteiger partial charge in [-0.1, -0.05) is 30.7 Å². The fourth-order valence-electron chi connectivity index (χ4n) is 4.95. The lowest BCUT2D eigenvalue weighted by Gasteiger charge is -2.43. The fourth-order valence-corrected chi connectivity index (χ4v) is 4.95. The van der Waals surface area contributed by atoms with Gasteiger partial charge >= 0.3 is 0 Å². The highest BCUT2D eigenvalue weighted by Crippen LogP contribution is 2.29. The standard InChI is InChI=1S/C27H34FN5O3/c1-3-15-33-25(35)23-22(24(34)29-14-13-19-7-5-4-6-8-19)31-18-32(23)17-27(33,2)26(36)30-16-20-9-11-21(28)12-10-20/h7,9-12,18H,3-6,8,13-17H2,1-2H3,(H,29,34)(H,30,36)/t27-/m1/s1. The SMILES string of the molecule is CCCN1C(=O)c2c(C(=O)NCCC3=CCCCC3)ncn2C[C@]1(C)C(=O)NCc1ccc(F)cc1. The molecule has 8 nitrogen and oxygen atoms in total. The first kappa shape index (κ1) is 25.6. The van der Waals surface area contributed by atoms with E-state index in [0.29, 0.717) is 19.5 Å². The second kappa shape index (κ2) is 11.1. The molecule has 1 aliphatic carbocycles. The molecular weight excluding hydrogens is 461 g/mol. The van der Waals surface area contributed by atoms with Gasteiger partial charge < -0.3 is 20.1 Å². The van der Waals surface area contributed by atoms with E-state index in [1.165, 1.54) is 41.8 Å². The van der Waals surface area contributed by atoms with Crippen molar-refractivity contribution in [3.05, 3.63) is 65.0 Å². The van der Waals surface area contributed by atoms with Crippen LogP contribution in [0.3, 0.4) is 0 Å². The molecule has 0 saturated heterocycles. The third-order valence-electron chi connectivity index (χ3n) is 6.99. The van der Waals surface area contributed by atoms with Crippen molar-refractivity contribution in [3.8, 4) is 0 Å². The number of nitrogens with one attached hydrogen (secondary N) is 2. The van der Waals surface area contributed by atoms with Crippen molar-refractivity contribution in [1.82, 2.24) is 25.1 Å². The zero-order valence-corrected chi connectivity index (χ0v) is 21.0. The number of rotatable bonds is 9. The Morgan fingerprint density at radius 3 is 2.64 bits per heavy atom. The Balaban J connectivity index is 1.48. The van der Waals surface area contributed by atoms with Crippen LogP contribution >= 0.6 is 0 Å². The molecule has 9 heteroatoms. The molecule has 0 bridgehead atoms. The number of nitrogens with zero attached hydrogens (tertiary/aromatic N) is 3. The number of allylic oxidation sites excluding steroid dienone is 1. The highest BCUT2D eigenvalue weighted by atomic mass is 19.1. The Morgan fingerprint density at radius 2 is 1.94 bits per heavy atom. The predicted molar refractivity (Wildman–Crippen MR) is 134 cm³/mol. The number of carbonyl (C=O) groups is 3. The number of hydrogen-bond acceptors (Lipinski definition) is 4. The van der Waals surface area contributed by atoms with Gasteiger partial charge in [0.15, 0.2) is 5.69 Å². The fraction of sp³-hybridized carbons (Fsp3) is 0.481. The molecule has 4 rings (SSSR count). The Labute approximate surface area is 211 Å². The van der Waals surface area contributed by atoms with E-state index in [1.807, 2.05) is 6.92 Å².